The predicted molar refractivity (Wildman–Crippen MR) is 143 cm³/mol. The Morgan fingerprint density at radius 1 is 1.15 bits per heavy atom. The zero-order chi connectivity index (χ0) is 28.2. The molecule has 6 nitrogen and oxygen atoms in total. The van der Waals surface area contributed by atoms with Crippen LogP contribution in [0.3, 0.4) is 0 Å². The second kappa shape index (κ2) is 12.2. The van der Waals surface area contributed by atoms with Crippen LogP contribution in [-0.2, 0) is 15.9 Å². The number of carbonyl (C=O) groups excluding carboxylic acids is 1. The summed E-state index contributed by atoms with van der Waals surface area (Å²) in [5.41, 5.74) is 0.757. The van der Waals surface area contributed by atoms with Crippen LogP contribution in [0, 0.1) is 17.5 Å². The maximum absolute atomic E-state index is 14.0. The molecule has 9 heteroatoms. The monoisotopic (exact) mass is 542 g/mol. The maximum atomic E-state index is 14.0. The van der Waals surface area contributed by atoms with Gasteiger partial charge in [0.1, 0.15) is 23.1 Å². The highest BCUT2D eigenvalue weighted by Crippen LogP contribution is 2.26. The van der Waals surface area contributed by atoms with Crippen molar-refractivity contribution in [3.63, 3.8) is 0 Å². The third-order valence-electron chi connectivity index (χ3n) is 6.57. The molecule has 4 rings (SSSR count). The number of aliphatic hydroxyl groups excluding tert-OH is 1. The standard InChI is InChI=1S/C30H33F3N2O4/c1-30(2,3)39-29(37)35(14-4-5-20-15-21(31)6-9-25(20)33)23-8-11-28(38-18-23)27(36)16-19-12-13-34-26-10-7-22(32)17-24(19)26/h4-7,9-10,12-13,15,17,23,27-28,36H,8,11,14,16,18H2,1-3H3/b5-4+. The molecule has 1 saturated heterocycles. The molecule has 1 aliphatic heterocycles. The third-order valence-corrected chi connectivity index (χ3v) is 6.57. The van der Waals surface area contributed by atoms with Crippen molar-refractivity contribution in [3.8, 4) is 0 Å². The first-order chi connectivity index (χ1) is 18.5. The number of carbonyl (C=O) groups is 1. The molecule has 1 amide bonds. The van der Waals surface area contributed by atoms with E-state index < -0.39 is 35.5 Å². The van der Waals surface area contributed by atoms with Crippen LogP contribution in [0.1, 0.15) is 44.7 Å². The van der Waals surface area contributed by atoms with E-state index in [1.807, 2.05) is 0 Å². The van der Waals surface area contributed by atoms with Gasteiger partial charge < -0.3 is 14.6 Å². The molecule has 1 aromatic heterocycles. The van der Waals surface area contributed by atoms with Gasteiger partial charge in [-0.1, -0.05) is 12.2 Å². The molecule has 2 aromatic carbocycles. The highest BCUT2D eigenvalue weighted by molar-refractivity contribution is 5.82. The first kappa shape index (κ1) is 28.6. The number of aliphatic hydroxyl groups is 1. The summed E-state index contributed by atoms with van der Waals surface area (Å²) in [6.45, 7) is 5.55. The zero-order valence-electron chi connectivity index (χ0n) is 22.2. The molecule has 208 valence electrons. The fourth-order valence-corrected chi connectivity index (χ4v) is 4.65. The predicted octanol–water partition coefficient (Wildman–Crippen LogP) is 6.05. The molecular weight excluding hydrogens is 509 g/mol. The number of fused-ring (bicyclic) bond motifs is 1. The number of ether oxygens (including phenoxy) is 2. The summed E-state index contributed by atoms with van der Waals surface area (Å²) in [7, 11) is 0. The van der Waals surface area contributed by atoms with Crippen molar-refractivity contribution in [3.05, 3.63) is 83.3 Å². The van der Waals surface area contributed by atoms with Crippen LogP contribution in [0.4, 0.5) is 18.0 Å². The lowest BCUT2D eigenvalue weighted by Gasteiger charge is -2.38. The van der Waals surface area contributed by atoms with Gasteiger partial charge in [0.15, 0.2) is 0 Å². The first-order valence-electron chi connectivity index (χ1n) is 12.9. The molecule has 0 bridgehead atoms. The second-order valence-electron chi connectivity index (χ2n) is 10.7. The molecule has 3 aromatic rings. The van der Waals surface area contributed by atoms with Gasteiger partial charge in [0.05, 0.1) is 30.4 Å². The third kappa shape index (κ3) is 7.58. The Morgan fingerprint density at radius 2 is 1.90 bits per heavy atom. The molecule has 0 spiro atoms. The van der Waals surface area contributed by atoms with E-state index in [0.717, 1.165) is 23.8 Å². The summed E-state index contributed by atoms with van der Waals surface area (Å²) in [4.78, 5) is 18.8. The number of halogens is 3. The van der Waals surface area contributed by atoms with Gasteiger partial charge >= 0.3 is 6.09 Å². The van der Waals surface area contributed by atoms with Crippen molar-refractivity contribution in [1.82, 2.24) is 9.88 Å². The largest absolute Gasteiger partial charge is 0.444 e. The lowest BCUT2D eigenvalue weighted by atomic mass is 9.95. The quantitative estimate of drug-likeness (QED) is 0.393. The van der Waals surface area contributed by atoms with Crippen LogP contribution < -0.4 is 0 Å². The zero-order valence-corrected chi connectivity index (χ0v) is 22.2. The average molecular weight is 543 g/mol. The van der Waals surface area contributed by atoms with Gasteiger partial charge in [0.2, 0.25) is 0 Å². The van der Waals surface area contributed by atoms with E-state index in [1.54, 1.807) is 45.2 Å². The van der Waals surface area contributed by atoms with Crippen molar-refractivity contribution in [1.29, 1.82) is 0 Å². The summed E-state index contributed by atoms with van der Waals surface area (Å²) in [5, 5.41) is 11.6. The SMILES string of the molecule is CC(C)(C)OC(=O)N(C/C=C/c1cc(F)ccc1F)C1CCC(C(O)Cc2ccnc3ccc(F)cc23)OC1. The van der Waals surface area contributed by atoms with Crippen LogP contribution in [0.5, 0.6) is 0 Å². The Hall–Kier alpha value is -3.43. The topological polar surface area (TPSA) is 71.9 Å². The van der Waals surface area contributed by atoms with Gasteiger partial charge in [-0.3, -0.25) is 9.88 Å². The summed E-state index contributed by atoms with van der Waals surface area (Å²) in [6, 6.07) is 8.94. The molecule has 0 aliphatic carbocycles. The minimum Gasteiger partial charge on any atom is -0.444 e. The Kier molecular flexibility index (Phi) is 8.92. The number of nitrogens with zero attached hydrogens (tertiary/aromatic N) is 2. The van der Waals surface area contributed by atoms with Crippen LogP contribution in [-0.4, -0.2) is 58.1 Å². The Labute approximate surface area is 226 Å². The molecule has 1 aliphatic rings. The molecule has 3 atom stereocenters. The summed E-state index contributed by atoms with van der Waals surface area (Å²) in [5.74, 6) is -1.51. The van der Waals surface area contributed by atoms with Crippen LogP contribution in [0.25, 0.3) is 17.0 Å². The van der Waals surface area contributed by atoms with E-state index in [9.17, 15) is 23.1 Å². The van der Waals surface area contributed by atoms with Crippen LogP contribution in [0.2, 0.25) is 0 Å². The minimum atomic E-state index is -0.842. The summed E-state index contributed by atoms with van der Waals surface area (Å²) >= 11 is 0. The molecule has 2 heterocycles. The van der Waals surface area contributed by atoms with E-state index in [4.69, 9.17) is 9.47 Å². The highest BCUT2D eigenvalue weighted by Gasteiger charge is 2.34. The number of hydrogen-bond acceptors (Lipinski definition) is 5. The number of rotatable bonds is 7. The minimum absolute atomic E-state index is 0.0748. The van der Waals surface area contributed by atoms with Gasteiger partial charge in [-0.05, 0) is 81.6 Å². The molecule has 0 radical (unpaired) electrons. The van der Waals surface area contributed by atoms with Crippen molar-refractivity contribution in [2.45, 2.75) is 63.9 Å². The fourth-order valence-electron chi connectivity index (χ4n) is 4.65. The van der Waals surface area contributed by atoms with Crippen molar-refractivity contribution >= 4 is 23.1 Å². The molecule has 3 unspecified atom stereocenters. The van der Waals surface area contributed by atoms with E-state index in [-0.39, 0.29) is 37.0 Å². The molecule has 1 N–H and O–H groups in total. The first-order valence-corrected chi connectivity index (χ1v) is 12.9. The number of hydrogen-bond donors (Lipinski definition) is 1. The van der Waals surface area contributed by atoms with E-state index in [0.29, 0.717) is 23.7 Å². The van der Waals surface area contributed by atoms with E-state index >= 15 is 0 Å². The van der Waals surface area contributed by atoms with Crippen LogP contribution in [0.15, 0.2) is 54.7 Å². The number of aromatic nitrogens is 1. The van der Waals surface area contributed by atoms with Gasteiger partial charge in [0.25, 0.3) is 0 Å². The Bertz CT molecular complexity index is 1330. The number of amides is 1. The van der Waals surface area contributed by atoms with Gasteiger partial charge in [-0.2, -0.15) is 0 Å². The van der Waals surface area contributed by atoms with Gasteiger partial charge in [-0.15, -0.1) is 0 Å². The highest BCUT2D eigenvalue weighted by atomic mass is 19.1. The molecular formula is C30H33F3N2O4. The molecule has 1 fully saturated rings. The maximum Gasteiger partial charge on any atom is 0.410 e. The second-order valence-corrected chi connectivity index (χ2v) is 10.7. The average Bonchev–Trinajstić information content (AvgIpc) is 2.88. The summed E-state index contributed by atoms with van der Waals surface area (Å²) in [6.07, 6.45) is 4.03. The summed E-state index contributed by atoms with van der Waals surface area (Å²) < 4.78 is 53.0. The van der Waals surface area contributed by atoms with Crippen LogP contribution >= 0.6 is 0 Å². The van der Waals surface area contributed by atoms with Gasteiger partial charge in [0, 0.05) is 30.1 Å². The number of pyridine rings is 1. The van der Waals surface area contributed by atoms with E-state index in [2.05, 4.69) is 4.98 Å². The Balaban J connectivity index is 1.42. The normalized spacial score (nSPS) is 18.8. The fraction of sp³-hybridized carbons (Fsp3) is 0.400. The van der Waals surface area contributed by atoms with Crippen molar-refractivity contribution < 1.29 is 32.5 Å². The van der Waals surface area contributed by atoms with E-state index in [1.165, 1.54) is 23.1 Å². The smallest absolute Gasteiger partial charge is 0.410 e. The lowest BCUT2D eigenvalue weighted by molar-refractivity contribution is -0.0891. The van der Waals surface area contributed by atoms with Gasteiger partial charge in [-0.25, -0.2) is 18.0 Å². The van der Waals surface area contributed by atoms with Crippen molar-refractivity contribution in [2.24, 2.45) is 0 Å². The molecule has 39 heavy (non-hydrogen) atoms. The lowest BCUT2D eigenvalue weighted by Crippen LogP contribution is -2.50. The number of benzene rings is 2. The molecule has 0 saturated carbocycles. The van der Waals surface area contributed by atoms with Crippen molar-refractivity contribution in [2.75, 3.05) is 13.2 Å². The Morgan fingerprint density at radius 3 is 2.62 bits per heavy atom.